The lowest BCUT2D eigenvalue weighted by atomic mass is 9.95. The zero-order valence-electron chi connectivity index (χ0n) is 23.9. The summed E-state index contributed by atoms with van der Waals surface area (Å²) >= 11 is 12.5. The van der Waals surface area contributed by atoms with Crippen molar-refractivity contribution in [1.29, 1.82) is 0 Å². The molecule has 2 amide bonds. The summed E-state index contributed by atoms with van der Waals surface area (Å²) in [5.41, 5.74) is 3.19. The molecule has 0 aliphatic heterocycles. The first-order chi connectivity index (χ1) is 18.9. The van der Waals surface area contributed by atoms with Crippen LogP contribution in [0.5, 0.6) is 0 Å². The SMILES string of the molecule is CC[C@@H](C(=O)NC1CCCCC1)N(Cc1ccc(Cl)cc1Cl)C(=O)CCCN(c1cc(C)cc(C)c1)S(C)(=O)=O. The van der Waals surface area contributed by atoms with Gasteiger partial charge in [0.15, 0.2) is 0 Å². The van der Waals surface area contributed by atoms with Crippen molar-refractivity contribution < 1.29 is 18.0 Å². The molecule has 0 saturated heterocycles. The average Bonchev–Trinajstić information content (AvgIpc) is 2.86. The normalized spacial score (nSPS) is 14.9. The summed E-state index contributed by atoms with van der Waals surface area (Å²) in [5.74, 6) is -0.397. The highest BCUT2D eigenvalue weighted by molar-refractivity contribution is 7.92. The lowest BCUT2D eigenvalue weighted by molar-refractivity contribution is -0.141. The molecule has 1 N–H and O–H groups in total. The fourth-order valence-corrected chi connectivity index (χ4v) is 6.81. The number of nitrogens with zero attached hydrogens (tertiary/aromatic N) is 2. The highest BCUT2D eigenvalue weighted by Gasteiger charge is 2.31. The first kappa shape index (κ1) is 32.2. The minimum Gasteiger partial charge on any atom is -0.352 e. The van der Waals surface area contributed by atoms with Gasteiger partial charge in [-0.05, 0) is 80.5 Å². The summed E-state index contributed by atoms with van der Waals surface area (Å²) in [5, 5.41) is 4.08. The third-order valence-electron chi connectivity index (χ3n) is 7.34. The van der Waals surface area contributed by atoms with E-state index in [0.29, 0.717) is 34.1 Å². The lowest BCUT2D eigenvalue weighted by Crippen LogP contribution is -2.51. The molecule has 40 heavy (non-hydrogen) atoms. The number of halogens is 2. The van der Waals surface area contributed by atoms with Gasteiger partial charge in [-0.2, -0.15) is 0 Å². The molecule has 0 unspecified atom stereocenters. The molecule has 1 saturated carbocycles. The van der Waals surface area contributed by atoms with Crippen molar-refractivity contribution >= 4 is 50.7 Å². The summed E-state index contributed by atoms with van der Waals surface area (Å²) in [7, 11) is -3.56. The second-order valence-corrected chi connectivity index (χ2v) is 13.6. The molecule has 3 rings (SSSR count). The number of anilines is 1. The van der Waals surface area contributed by atoms with Gasteiger partial charge in [0.2, 0.25) is 21.8 Å². The predicted molar refractivity (Wildman–Crippen MR) is 163 cm³/mol. The number of carbonyl (C=O) groups excluding carboxylic acids is 2. The first-order valence-electron chi connectivity index (χ1n) is 14.0. The third kappa shape index (κ3) is 9.11. The summed E-state index contributed by atoms with van der Waals surface area (Å²) in [4.78, 5) is 28.7. The van der Waals surface area contributed by atoms with Crippen LogP contribution in [0.3, 0.4) is 0 Å². The van der Waals surface area contributed by atoms with Crippen molar-refractivity contribution in [3.8, 4) is 0 Å². The van der Waals surface area contributed by atoms with Crippen LogP contribution >= 0.6 is 23.2 Å². The van der Waals surface area contributed by atoms with Crippen molar-refractivity contribution in [3.63, 3.8) is 0 Å². The van der Waals surface area contributed by atoms with Crippen LogP contribution in [-0.4, -0.2) is 50.0 Å². The van der Waals surface area contributed by atoms with Crippen molar-refractivity contribution in [1.82, 2.24) is 10.2 Å². The molecule has 1 fully saturated rings. The number of hydrogen-bond acceptors (Lipinski definition) is 4. The summed E-state index contributed by atoms with van der Waals surface area (Å²) in [6, 6.07) is 10.2. The maximum Gasteiger partial charge on any atom is 0.243 e. The molecule has 2 aromatic rings. The molecule has 0 heterocycles. The molecule has 1 atom stereocenters. The van der Waals surface area contributed by atoms with Crippen LogP contribution in [0.15, 0.2) is 36.4 Å². The molecule has 0 aromatic heterocycles. The minimum absolute atomic E-state index is 0.0786. The average molecular weight is 611 g/mol. The molecule has 10 heteroatoms. The van der Waals surface area contributed by atoms with Gasteiger partial charge in [0.25, 0.3) is 0 Å². The topological polar surface area (TPSA) is 86.8 Å². The fraction of sp³-hybridized carbons (Fsp3) is 0.533. The predicted octanol–water partition coefficient (Wildman–Crippen LogP) is 6.41. The summed E-state index contributed by atoms with van der Waals surface area (Å²) in [6.07, 6.45) is 7.22. The van der Waals surface area contributed by atoms with Crippen molar-refractivity contribution in [2.45, 2.75) is 90.8 Å². The van der Waals surface area contributed by atoms with Gasteiger partial charge in [0, 0.05) is 35.6 Å². The van der Waals surface area contributed by atoms with Gasteiger partial charge < -0.3 is 10.2 Å². The molecule has 7 nitrogen and oxygen atoms in total. The van der Waals surface area contributed by atoms with Gasteiger partial charge in [-0.1, -0.05) is 61.5 Å². The van der Waals surface area contributed by atoms with E-state index < -0.39 is 16.1 Å². The Labute approximate surface area is 249 Å². The Hall–Kier alpha value is -2.29. The van der Waals surface area contributed by atoms with E-state index >= 15 is 0 Å². The highest BCUT2D eigenvalue weighted by Crippen LogP contribution is 2.26. The van der Waals surface area contributed by atoms with E-state index in [2.05, 4.69) is 5.32 Å². The maximum atomic E-state index is 13.7. The van der Waals surface area contributed by atoms with Gasteiger partial charge in [-0.3, -0.25) is 13.9 Å². The van der Waals surface area contributed by atoms with Gasteiger partial charge >= 0.3 is 0 Å². The molecule has 0 radical (unpaired) electrons. The zero-order chi connectivity index (χ0) is 29.4. The van der Waals surface area contributed by atoms with Crippen molar-refractivity contribution in [3.05, 3.63) is 63.1 Å². The highest BCUT2D eigenvalue weighted by atomic mass is 35.5. The van der Waals surface area contributed by atoms with Crippen LogP contribution < -0.4 is 9.62 Å². The maximum absolute atomic E-state index is 13.7. The Balaban J connectivity index is 1.80. The largest absolute Gasteiger partial charge is 0.352 e. The molecule has 0 spiro atoms. The van der Waals surface area contributed by atoms with Crippen LogP contribution in [0, 0.1) is 13.8 Å². The lowest BCUT2D eigenvalue weighted by Gasteiger charge is -2.33. The van der Waals surface area contributed by atoms with E-state index in [1.54, 1.807) is 23.1 Å². The molecular formula is C30H41Cl2N3O4S. The standard InChI is InChI=1S/C30H41Cl2N3O4S/c1-5-28(30(37)33-25-10-7-6-8-11-25)34(20-23-13-14-24(31)19-27(23)32)29(36)12-9-15-35(40(4,38)39)26-17-21(2)16-22(3)18-26/h13-14,16-19,25,28H,5-12,15,20H2,1-4H3,(H,33,37)/t28-/m0/s1. The zero-order valence-corrected chi connectivity index (χ0v) is 26.2. The van der Waals surface area contributed by atoms with E-state index in [9.17, 15) is 18.0 Å². The summed E-state index contributed by atoms with van der Waals surface area (Å²) in [6.45, 7) is 6.03. The second-order valence-electron chi connectivity index (χ2n) is 10.8. The van der Waals surface area contributed by atoms with Gasteiger partial charge in [-0.15, -0.1) is 0 Å². The number of carbonyl (C=O) groups is 2. The van der Waals surface area contributed by atoms with Crippen LogP contribution in [0.2, 0.25) is 10.0 Å². The Morgan fingerprint density at radius 2 is 1.68 bits per heavy atom. The van der Waals surface area contributed by atoms with E-state index in [4.69, 9.17) is 23.2 Å². The first-order valence-corrected chi connectivity index (χ1v) is 16.6. The number of rotatable bonds is 12. The van der Waals surface area contributed by atoms with E-state index in [1.165, 1.54) is 17.0 Å². The van der Waals surface area contributed by atoms with Crippen molar-refractivity contribution in [2.24, 2.45) is 0 Å². The van der Waals surface area contributed by atoms with Crippen LogP contribution in [0.25, 0.3) is 0 Å². The Kier molecular flexibility index (Phi) is 11.7. The fourth-order valence-electron chi connectivity index (χ4n) is 5.40. The second kappa shape index (κ2) is 14.6. The molecule has 220 valence electrons. The van der Waals surface area contributed by atoms with Crippen LogP contribution in [0.1, 0.15) is 75.0 Å². The molecule has 1 aliphatic carbocycles. The van der Waals surface area contributed by atoms with Crippen molar-refractivity contribution in [2.75, 3.05) is 17.1 Å². The molecule has 2 aromatic carbocycles. The number of benzene rings is 2. The Morgan fingerprint density at radius 1 is 1.02 bits per heavy atom. The third-order valence-corrected chi connectivity index (χ3v) is 9.12. The number of aryl methyl sites for hydroxylation is 2. The van der Waals surface area contributed by atoms with E-state index in [-0.39, 0.29) is 37.4 Å². The monoisotopic (exact) mass is 609 g/mol. The quantitative estimate of drug-likeness (QED) is 0.301. The Bertz CT molecular complexity index is 1280. The number of amides is 2. The number of nitrogens with one attached hydrogen (secondary N) is 1. The van der Waals surface area contributed by atoms with Gasteiger partial charge in [-0.25, -0.2) is 8.42 Å². The minimum atomic E-state index is -3.56. The summed E-state index contributed by atoms with van der Waals surface area (Å²) < 4.78 is 26.7. The van der Waals surface area contributed by atoms with Crippen LogP contribution in [-0.2, 0) is 26.2 Å². The van der Waals surface area contributed by atoms with Gasteiger partial charge in [0.1, 0.15) is 6.04 Å². The van der Waals surface area contributed by atoms with E-state index in [1.807, 2.05) is 39.0 Å². The Morgan fingerprint density at radius 3 is 2.25 bits per heavy atom. The van der Waals surface area contributed by atoms with Crippen LogP contribution in [0.4, 0.5) is 5.69 Å². The van der Waals surface area contributed by atoms with E-state index in [0.717, 1.165) is 36.8 Å². The molecule has 0 bridgehead atoms. The number of sulfonamides is 1. The van der Waals surface area contributed by atoms with Gasteiger partial charge in [0.05, 0.1) is 11.9 Å². The number of hydrogen-bond donors (Lipinski definition) is 1. The smallest absolute Gasteiger partial charge is 0.243 e. The molecular weight excluding hydrogens is 569 g/mol. The molecule has 1 aliphatic rings.